The minimum absolute atomic E-state index is 0.00759. The molecule has 0 amide bonds. The van der Waals surface area contributed by atoms with Crippen LogP contribution in [-0.2, 0) is 0 Å². The van der Waals surface area contributed by atoms with Gasteiger partial charge in [0.2, 0.25) is 0 Å². The van der Waals surface area contributed by atoms with E-state index in [0.717, 1.165) is 0 Å². The Morgan fingerprint density at radius 2 is 1.55 bits per heavy atom. The van der Waals surface area contributed by atoms with Gasteiger partial charge in [0.15, 0.2) is 11.6 Å². The van der Waals surface area contributed by atoms with Crippen LogP contribution in [0.5, 0.6) is 0 Å². The second kappa shape index (κ2) is 4.13. The molecule has 1 aliphatic carbocycles. The topological polar surface area (TPSA) is 71.4 Å². The van der Waals surface area contributed by atoms with E-state index in [2.05, 4.69) is 0 Å². The Bertz CT molecular complexity index is 787. The Hall–Kier alpha value is -2.75. The molecule has 0 fully saturated rings. The number of fused-ring (bicyclic) bond motifs is 2. The molecule has 0 radical (unpaired) electrons. The van der Waals surface area contributed by atoms with Crippen molar-refractivity contribution >= 4 is 17.5 Å². The molecule has 0 saturated heterocycles. The zero-order valence-electron chi connectivity index (χ0n) is 10.6. The maximum atomic E-state index is 12.5. The van der Waals surface area contributed by atoms with Gasteiger partial charge in [-0.15, -0.1) is 0 Å². The van der Waals surface area contributed by atoms with Gasteiger partial charge in [-0.25, -0.2) is 4.79 Å². The maximum Gasteiger partial charge on any atom is 0.336 e. The van der Waals surface area contributed by atoms with E-state index in [1.165, 1.54) is 6.07 Å². The van der Waals surface area contributed by atoms with Crippen LogP contribution >= 0.6 is 0 Å². The monoisotopic (exact) mass is 266 g/mol. The third-order valence-electron chi connectivity index (χ3n) is 3.40. The molecule has 0 spiro atoms. The smallest absolute Gasteiger partial charge is 0.336 e. The predicted octanol–water partition coefficient (Wildman–Crippen LogP) is 2.47. The Kier molecular flexibility index (Phi) is 2.54. The lowest BCUT2D eigenvalue weighted by molar-refractivity contribution is 0.0692. The molecule has 4 heteroatoms. The van der Waals surface area contributed by atoms with Gasteiger partial charge < -0.3 is 5.11 Å². The van der Waals surface area contributed by atoms with Gasteiger partial charge in [0.1, 0.15) is 0 Å². The molecule has 0 bridgehead atoms. The maximum absolute atomic E-state index is 12.5. The summed E-state index contributed by atoms with van der Waals surface area (Å²) in [5.41, 5.74) is 1.27. The van der Waals surface area contributed by atoms with Crippen LogP contribution in [0, 0.1) is 6.92 Å². The fourth-order valence-electron chi connectivity index (χ4n) is 2.54. The normalized spacial score (nSPS) is 12.8. The average molecular weight is 266 g/mol. The minimum Gasteiger partial charge on any atom is -0.478 e. The lowest BCUT2D eigenvalue weighted by Crippen LogP contribution is -2.24. The van der Waals surface area contributed by atoms with E-state index < -0.39 is 11.8 Å². The van der Waals surface area contributed by atoms with Gasteiger partial charge in [0.25, 0.3) is 0 Å². The average Bonchev–Trinajstić information content (AvgIpc) is 2.43. The van der Waals surface area contributed by atoms with Crippen LogP contribution in [0.4, 0.5) is 0 Å². The number of benzene rings is 2. The van der Waals surface area contributed by atoms with Crippen LogP contribution in [0.3, 0.4) is 0 Å². The highest BCUT2D eigenvalue weighted by atomic mass is 16.4. The lowest BCUT2D eigenvalue weighted by Gasteiger charge is -2.19. The number of aromatic carboxylic acids is 1. The molecule has 98 valence electrons. The molecule has 0 heterocycles. The summed E-state index contributed by atoms with van der Waals surface area (Å²) in [6.07, 6.45) is 0. The summed E-state index contributed by atoms with van der Waals surface area (Å²) in [5, 5.41) is 9.25. The number of carboxylic acids is 1. The zero-order chi connectivity index (χ0) is 14.4. The molecule has 0 atom stereocenters. The molecule has 2 aromatic rings. The molecular formula is C16H10O4. The van der Waals surface area contributed by atoms with Gasteiger partial charge in [0.05, 0.1) is 5.56 Å². The molecule has 0 unspecified atom stereocenters. The molecule has 2 aromatic carbocycles. The Morgan fingerprint density at radius 3 is 2.15 bits per heavy atom. The summed E-state index contributed by atoms with van der Waals surface area (Å²) < 4.78 is 0. The van der Waals surface area contributed by atoms with Crippen LogP contribution < -0.4 is 0 Å². The van der Waals surface area contributed by atoms with Crippen molar-refractivity contribution in [2.24, 2.45) is 0 Å². The van der Waals surface area contributed by atoms with Crippen molar-refractivity contribution < 1.29 is 19.5 Å². The van der Waals surface area contributed by atoms with Gasteiger partial charge in [-0.05, 0) is 24.6 Å². The number of hydrogen-bond acceptors (Lipinski definition) is 3. The predicted molar refractivity (Wildman–Crippen MR) is 71.4 cm³/mol. The van der Waals surface area contributed by atoms with Crippen molar-refractivity contribution in [3.8, 4) is 0 Å². The molecule has 0 aromatic heterocycles. The highest BCUT2D eigenvalue weighted by Gasteiger charge is 2.33. The largest absolute Gasteiger partial charge is 0.478 e. The Balaban J connectivity index is 2.39. The van der Waals surface area contributed by atoms with Crippen LogP contribution in [-0.4, -0.2) is 22.6 Å². The highest BCUT2D eigenvalue weighted by molar-refractivity contribution is 6.30. The third kappa shape index (κ3) is 1.58. The van der Waals surface area contributed by atoms with Crippen molar-refractivity contribution in [3.63, 3.8) is 0 Å². The number of rotatable bonds is 1. The molecule has 3 rings (SSSR count). The summed E-state index contributed by atoms with van der Waals surface area (Å²) in [7, 11) is 0. The van der Waals surface area contributed by atoms with Crippen LogP contribution in [0.25, 0.3) is 0 Å². The zero-order valence-corrected chi connectivity index (χ0v) is 10.6. The minimum atomic E-state index is -1.20. The molecular weight excluding hydrogens is 256 g/mol. The molecule has 1 N–H and O–H groups in total. The van der Waals surface area contributed by atoms with Gasteiger partial charge in [0, 0.05) is 22.3 Å². The summed E-state index contributed by atoms with van der Waals surface area (Å²) in [5.74, 6) is -1.92. The molecule has 1 aliphatic rings. The first-order chi connectivity index (χ1) is 9.50. The summed E-state index contributed by atoms with van der Waals surface area (Å²) in [4.78, 5) is 36.2. The second-order valence-electron chi connectivity index (χ2n) is 4.74. The quantitative estimate of drug-likeness (QED) is 0.734. The number of carbonyl (C=O) groups excluding carboxylic acids is 2. The number of aryl methyl sites for hydroxylation is 1. The SMILES string of the molecule is Cc1cc(C(=O)O)c2c(c1)C(=O)c1ccccc1C2=O. The first-order valence-electron chi connectivity index (χ1n) is 6.07. The van der Waals surface area contributed by atoms with E-state index in [4.69, 9.17) is 0 Å². The van der Waals surface area contributed by atoms with E-state index in [-0.39, 0.29) is 28.0 Å². The standard InChI is InChI=1S/C16H10O4/c1-8-6-11-13(12(7-8)16(19)20)15(18)10-5-3-2-4-9(10)14(11)17/h2-7H,1H3,(H,19,20). The Labute approximate surface area is 114 Å². The Morgan fingerprint density at radius 1 is 0.950 bits per heavy atom. The van der Waals surface area contributed by atoms with Crippen LogP contribution in [0.2, 0.25) is 0 Å². The van der Waals surface area contributed by atoms with E-state index in [9.17, 15) is 19.5 Å². The van der Waals surface area contributed by atoms with E-state index in [1.807, 2.05) is 0 Å². The fourth-order valence-corrected chi connectivity index (χ4v) is 2.54. The summed E-state index contributed by atoms with van der Waals surface area (Å²) in [6.45, 7) is 1.70. The van der Waals surface area contributed by atoms with Gasteiger partial charge in [-0.3, -0.25) is 9.59 Å². The van der Waals surface area contributed by atoms with E-state index in [1.54, 1.807) is 37.3 Å². The van der Waals surface area contributed by atoms with E-state index in [0.29, 0.717) is 11.1 Å². The first-order valence-corrected chi connectivity index (χ1v) is 6.07. The van der Waals surface area contributed by atoms with Crippen molar-refractivity contribution in [3.05, 3.63) is 69.8 Å². The number of carboxylic acid groups (broad SMARTS) is 1. The van der Waals surface area contributed by atoms with Gasteiger partial charge >= 0.3 is 5.97 Å². The van der Waals surface area contributed by atoms with Crippen molar-refractivity contribution in [2.45, 2.75) is 6.92 Å². The number of ketones is 2. The van der Waals surface area contributed by atoms with Crippen molar-refractivity contribution in [2.75, 3.05) is 0 Å². The molecule has 4 nitrogen and oxygen atoms in total. The van der Waals surface area contributed by atoms with Gasteiger partial charge in [-0.1, -0.05) is 24.3 Å². The van der Waals surface area contributed by atoms with Crippen LogP contribution in [0.1, 0.15) is 47.8 Å². The second-order valence-corrected chi connectivity index (χ2v) is 4.74. The number of carbonyl (C=O) groups is 3. The van der Waals surface area contributed by atoms with Crippen molar-refractivity contribution in [1.29, 1.82) is 0 Å². The van der Waals surface area contributed by atoms with Gasteiger partial charge in [-0.2, -0.15) is 0 Å². The van der Waals surface area contributed by atoms with Crippen LogP contribution in [0.15, 0.2) is 36.4 Å². The third-order valence-corrected chi connectivity index (χ3v) is 3.40. The molecule has 0 saturated carbocycles. The summed E-state index contributed by atoms with van der Waals surface area (Å²) in [6, 6.07) is 9.45. The number of hydrogen-bond donors (Lipinski definition) is 1. The summed E-state index contributed by atoms with van der Waals surface area (Å²) >= 11 is 0. The lowest BCUT2D eigenvalue weighted by atomic mass is 9.81. The first kappa shape index (κ1) is 12.3. The fraction of sp³-hybridized carbons (Fsp3) is 0.0625. The molecule has 0 aliphatic heterocycles. The van der Waals surface area contributed by atoms with Crippen molar-refractivity contribution in [1.82, 2.24) is 0 Å². The highest BCUT2D eigenvalue weighted by Crippen LogP contribution is 2.30. The van der Waals surface area contributed by atoms with E-state index >= 15 is 0 Å². The molecule has 20 heavy (non-hydrogen) atoms.